The summed E-state index contributed by atoms with van der Waals surface area (Å²) in [5.41, 5.74) is 0.343. The Morgan fingerprint density at radius 2 is 2.20 bits per heavy atom. The van der Waals surface area contributed by atoms with Crippen LogP contribution < -0.4 is 5.32 Å². The fourth-order valence-electron chi connectivity index (χ4n) is 2.94. The molecular formula is C11H18N2O2. The highest BCUT2D eigenvalue weighted by atomic mass is 16.5. The largest absolute Gasteiger partial charge is 0.378 e. The molecule has 1 spiro atoms. The van der Waals surface area contributed by atoms with Crippen molar-refractivity contribution in [2.75, 3.05) is 39.4 Å². The minimum Gasteiger partial charge on any atom is -0.378 e. The molecule has 1 aliphatic carbocycles. The minimum atomic E-state index is 0.311. The molecule has 2 saturated heterocycles. The van der Waals surface area contributed by atoms with Crippen LogP contribution in [0.3, 0.4) is 0 Å². The van der Waals surface area contributed by atoms with Gasteiger partial charge in [-0.15, -0.1) is 0 Å². The molecule has 0 bridgehead atoms. The van der Waals surface area contributed by atoms with Gasteiger partial charge < -0.3 is 15.0 Å². The summed E-state index contributed by atoms with van der Waals surface area (Å²) in [7, 11) is 0. The van der Waals surface area contributed by atoms with Crippen LogP contribution in [-0.2, 0) is 9.53 Å². The van der Waals surface area contributed by atoms with Gasteiger partial charge in [-0.25, -0.2) is 0 Å². The fraction of sp³-hybridized carbons (Fsp3) is 0.909. The smallest absolute Gasteiger partial charge is 0.226 e. The number of nitrogens with one attached hydrogen (secondary N) is 1. The molecule has 0 unspecified atom stereocenters. The third kappa shape index (κ3) is 1.56. The van der Waals surface area contributed by atoms with Crippen LogP contribution in [0.2, 0.25) is 0 Å². The van der Waals surface area contributed by atoms with Gasteiger partial charge in [0, 0.05) is 25.6 Å². The third-order valence-electron chi connectivity index (χ3n) is 4.09. The van der Waals surface area contributed by atoms with Gasteiger partial charge in [0.15, 0.2) is 0 Å². The summed E-state index contributed by atoms with van der Waals surface area (Å²) in [6.45, 7) is 5.14. The molecule has 2 atom stereocenters. The second-order valence-corrected chi connectivity index (χ2v) is 4.98. The molecule has 1 saturated carbocycles. The van der Waals surface area contributed by atoms with E-state index in [1.807, 2.05) is 4.90 Å². The van der Waals surface area contributed by atoms with Crippen LogP contribution in [0.15, 0.2) is 0 Å². The number of morpholine rings is 1. The minimum absolute atomic E-state index is 0.311. The molecule has 3 fully saturated rings. The van der Waals surface area contributed by atoms with Gasteiger partial charge in [-0.05, 0) is 24.8 Å². The SMILES string of the molecule is O=C([C@H]1C[C@]12CCNC2)N1CCOCC1. The molecule has 0 aromatic heterocycles. The predicted octanol–water partition coefficient (Wildman–Crippen LogP) is -0.155. The maximum absolute atomic E-state index is 12.2. The van der Waals surface area contributed by atoms with Crippen LogP contribution in [-0.4, -0.2) is 50.2 Å². The second-order valence-electron chi connectivity index (χ2n) is 4.98. The third-order valence-corrected chi connectivity index (χ3v) is 4.09. The zero-order valence-electron chi connectivity index (χ0n) is 9.00. The van der Waals surface area contributed by atoms with Gasteiger partial charge in [-0.2, -0.15) is 0 Å². The van der Waals surface area contributed by atoms with Crippen LogP contribution in [0.5, 0.6) is 0 Å². The van der Waals surface area contributed by atoms with Gasteiger partial charge in [0.05, 0.1) is 13.2 Å². The first-order valence-corrected chi connectivity index (χ1v) is 5.89. The summed E-state index contributed by atoms with van der Waals surface area (Å²) in [6.07, 6.45) is 2.30. The first-order chi connectivity index (χ1) is 7.32. The molecule has 0 radical (unpaired) electrons. The zero-order chi connectivity index (χ0) is 10.3. The van der Waals surface area contributed by atoms with Crippen molar-refractivity contribution in [2.45, 2.75) is 12.8 Å². The highest BCUT2D eigenvalue weighted by Gasteiger charge is 2.59. The van der Waals surface area contributed by atoms with E-state index in [9.17, 15) is 4.79 Å². The van der Waals surface area contributed by atoms with Gasteiger partial charge >= 0.3 is 0 Å². The van der Waals surface area contributed by atoms with Crippen molar-refractivity contribution in [2.24, 2.45) is 11.3 Å². The molecule has 3 aliphatic rings. The number of rotatable bonds is 1. The van der Waals surface area contributed by atoms with Crippen LogP contribution in [0, 0.1) is 11.3 Å². The lowest BCUT2D eigenvalue weighted by Gasteiger charge is -2.27. The van der Waals surface area contributed by atoms with E-state index < -0.39 is 0 Å². The van der Waals surface area contributed by atoms with Crippen molar-refractivity contribution >= 4 is 5.91 Å². The number of carbonyl (C=O) groups is 1. The van der Waals surface area contributed by atoms with Crippen LogP contribution in [0.4, 0.5) is 0 Å². The predicted molar refractivity (Wildman–Crippen MR) is 55.4 cm³/mol. The van der Waals surface area contributed by atoms with E-state index in [1.165, 1.54) is 6.42 Å². The molecule has 15 heavy (non-hydrogen) atoms. The van der Waals surface area contributed by atoms with Crippen molar-refractivity contribution in [3.8, 4) is 0 Å². The molecule has 0 aromatic carbocycles. The summed E-state index contributed by atoms with van der Waals surface area (Å²) in [5, 5.41) is 3.37. The van der Waals surface area contributed by atoms with Crippen molar-refractivity contribution in [1.29, 1.82) is 0 Å². The van der Waals surface area contributed by atoms with Crippen LogP contribution in [0.25, 0.3) is 0 Å². The van der Waals surface area contributed by atoms with Gasteiger partial charge in [0.2, 0.25) is 5.91 Å². The molecule has 1 N–H and O–H groups in total. The summed E-state index contributed by atoms with van der Waals surface area (Å²) in [5.74, 6) is 0.688. The van der Waals surface area contributed by atoms with Gasteiger partial charge in [0.25, 0.3) is 0 Å². The highest BCUT2D eigenvalue weighted by molar-refractivity contribution is 5.83. The number of carbonyl (C=O) groups excluding carboxylic acids is 1. The van der Waals surface area contributed by atoms with Crippen LogP contribution >= 0.6 is 0 Å². The summed E-state index contributed by atoms with van der Waals surface area (Å²) in [6, 6.07) is 0. The van der Waals surface area contributed by atoms with Gasteiger partial charge in [0.1, 0.15) is 0 Å². The maximum Gasteiger partial charge on any atom is 0.226 e. The molecule has 1 amide bonds. The Kier molecular flexibility index (Phi) is 2.21. The lowest BCUT2D eigenvalue weighted by atomic mass is 10.0. The molecule has 84 valence electrons. The summed E-state index contributed by atoms with van der Waals surface area (Å²) >= 11 is 0. The Hall–Kier alpha value is -0.610. The van der Waals surface area contributed by atoms with E-state index in [2.05, 4.69) is 5.32 Å². The number of nitrogens with zero attached hydrogens (tertiary/aromatic N) is 1. The molecule has 3 rings (SSSR count). The highest BCUT2D eigenvalue weighted by Crippen LogP contribution is 2.57. The average molecular weight is 210 g/mol. The Labute approximate surface area is 90.0 Å². The molecule has 2 heterocycles. The number of amides is 1. The summed E-state index contributed by atoms with van der Waals surface area (Å²) in [4.78, 5) is 14.2. The monoisotopic (exact) mass is 210 g/mol. The van der Waals surface area contributed by atoms with Gasteiger partial charge in [-0.3, -0.25) is 4.79 Å². The average Bonchev–Trinajstić information content (AvgIpc) is 2.77. The Morgan fingerprint density at radius 1 is 1.40 bits per heavy atom. The lowest BCUT2D eigenvalue weighted by molar-refractivity contribution is -0.137. The van der Waals surface area contributed by atoms with E-state index in [1.54, 1.807) is 0 Å². The van der Waals surface area contributed by atoms with E-state index in [0.717, 1.165) is 32.6 Å². The van der Waals surface area contributed by atoms with Crippen molar-refractivity contribution in [1.82, 2.24) is 10.2 Å². The molecule has 4 nitrogen and oxygen atoms in total. The van der Waals surface area contributed by atoms with Crippen molar-refractivity contribution in [3.05, 3.63) is 0 Å². The van der Waals surface area contributed by atoms with E-state index in [-0.39, 0.29) is 0 Å². The topological polar surface area (TPSA) is 41.6 Å². The number of hydrogen-bond donors (Lipinski definition) is 1. The van der Waals surface area contributed by atoms with E-state index in [4.69, 9.17) is 4.74 Å². The van der Waals surface area contributed by atoms with Crippen molar-refractivity contribution < 1.29 is 9.53 Å². The molecule has 2 aliphatic heterocycles. The first kappa shape index (κ1) is 9.60. The molecule has 0 aromatic rings. The van der Waals surface area contributed by atoms with E-state index in [0.29, 0.717) is 30.5 Å². The second kappa shape index (κ2) is 3.46. The lowest BCUT2D eigenvalue weighted by Crippen LogP contribution is -2.42. The normalized spacial score (nSPS) is 39.7. The van der Waals surface area contributed by atoms with E-state index >= 15 is 0 Å². The Balaban J connectivity index is 1.61. The van der Waals surface area contributed by atoms with Gasteiger partial charge in [-0.1, -0.05) is 0 Å². The fourth-order valence-corrected chi connectivity index (χ4v) is 2.94. The standard InChI is InChI=1S/C11H18N2O2/c14-10(13-3-5-15-6-4-13)9-7-11(9)1-2-12-8-11/h9,12H,1-8H2/t9-,11+/m1/s1. The summed E-state index contributed by atoms with van der Waals surface area (Å²) < 4.78 is 5.26. The van der Waals surface area contributed by atoms with Crippen LogP contribution in [0.1, 0.15) is 12.8 Å². The maximum atomic E-state index is 12.2. The molecule has 4 heteroatoms. The zero-order valence-corrected chi connectivity index (χ0v) is 9.00. The van der Waals surface area contributed by atoms with Crippen molar-refractivity contribution in [3.63, 3.8) is 0 Å². The quantitative estimate of drug-likeness (QED) is 0.654. The number of hydrogen-bond acceptors (Lipinski definition) is 3. The molecular weight excluding hydrogens is 192 g/mol. The Bertz CT molecular complexity index is 268. The number of ether oxygens (including phenoxy) is 1. The first-order valence-electron chi connectivity index (χ1n) is 5.89. The Morgan fingerprint density at radius 3 is 2.87 bits per heavy atom.